The highest BCUT2D eigenvalue weighted by molar-refractivity contribution is 7.88. The zero-order valence-corrected chi connectivity index (χ0v) is 15.0. The molecule has 0 saturated carbocycles. The quantitative estimate of drug-likeness (QED) is 0.825. The molecule has 0 aliphatic rings. The van der Waals surface area contributed by atoms with Crippen LogP contribution in [0.15, 0.2) is 42.5 Å². The van der Waals surface area contributed by atoms with Crippen molar-refractivity contribution >= 4 is 33.2 Å². The first kappa shape index (κ1) is 18.4. The first-order chi connectivity index (χ1) is 11.2. The fourth-order valence-corrected chi connectivity index (χ4v) is 3.37. The highest BCUT2D eigenvalue weighted by Gasteiger charge is 2.14. The van der Waals surface area contributed by atoms with Gasteiger partial charge in [-0.15, -0.1) is 0 Å². The Morgan fingerprint density at radius 1 is 1.12 bits per heavy atom. The minimum absolute atomic E-state index is 0.231. The molecule has 0 spiro atoms. The fraction of sp³-hybridized carbons (Fsp3) is 0.235. The lowest BCUT2D eigenvalue weighted by Gasteiger charge is -2.09. The van der Waals surface area contributed by atoms with E-state index in [0.717, 1.165) is 11.1 Å². The molecule has 2 rings (SSSR count). The summed E-state index contributed by atoms with van der Waals surface area (Å²) < 4.78 is 26.4. The SMILES string of the molecule is Cc1cccc(NC(=O)CNS(=O)(=O)Cc2ccc(C)c(Cl)c2)c1. The van der Waals surface area contributed by atoms with Gasteiger partial charge >= 0.3 is 0 Å². The van der Waals surface area contributed by atoms with Crippen molar-refractivity contribution in [2.75, 3.05) is 11.9 Å². The van der Waals surface area contributed by atoms with E-state index in [-0.39, 0.29) is 12.3 Å². The van der Waals surface area contributed by atoms with Crippen molar-refractivity contribution in [1.29, 1.82) is 0 Å². The average Bonchev–Trinajstić information content (AvgIpc) is 2.49. The van der Waals surface area contributed by atoms with Gasteiger partial charge in [-0.25, -0.2) is 13.1 Å². The van der Waals surface area contributed by atoms with Crippen molar-refractivity contribution in [2.24, 2.45) is 0 Å². The van der Waals surface area contributed by atoms with E-state index in [1.54, 1.807) is 30.3 Å². The Balaban J connectivity index is 1.92. The summed E-state index contributed by atoms with van der Waals surface area (Å²) in [6.45, 7) is 3.43. The van der Waals surface area contributed by atoms with Crippen LogP contribution in [0.1, 0.15) is 16.7 Å². The topological polar surface area (TPSA) is 75.3 Å². The molecule has 0 aromatic heterocycles. The molecule has 0 heterocycles. The highest BCUT2D eigenvalue weighted by Crippen LogP contribution is 2.18. The minimum atomic E-state index is -3.63. The lowest BCUT2D eigenvalue weighted by atomic mass is 10.2. The summed E-state index contributed by atoms with van der Waals surface area (Å²) in [7, 11) is -3.63. The second kappa shape index (κ2) is 7.79. The molecule has 24 heavy (non-hydrogen) atoms. The average molecular weight is 367 g/mol. The number of sulfonamides is 1. The summed E-state index contributed by atoms with van der Waals surface area (Å²) in [5, 5.41) is 3.16. The summed E-state index contributed by atoms with van der Waals surface area (Å²) in [6, 6.07) is 12.4. The smallest absolute Gasteiger partial charge is 0.239 e. The molecule has 2 N–H and O–H groups in total. The molecule has 2 aromatic carbocycles. The molecule has 0 aliphatic heterocycles. The monoisotopic (exact) mass is 366 g/mol. The van der Waals surface area contributed by atoms with E-state index in [0.29, 0.717) is 16.3 Å². The summed E-state index contributed by atoms with van der Waals surface area (Å²) >= 11 is 5.99. The van der Waals surface area contributed by atoms with Crippen molar-refractivity contribution in [3.8, 4) is 0 Å². The Bertz CT molecular complexity index is 851. The molecule has 0 fully saturated rings. The standard InChI is InChI=1S/C17H19ClN2O3S/c1-12-4-3-5-15(8-12)20-17(21)10-19-24(22,23)11-14-7-6-13(2)16(18)9-14/h3-9,19H,10-11H2,1-2H3,(H,20,21). The van der Waals surface area contributed by atoms with Crippen LogP contribution in [-0.2, 0) is 20.6 Å². The maximum Gasteiger partial charge on any atom is 0.239 e. The van der Waals surface area contributed by atoms with Crippen LogP contribution in [0, 0.1) is 13.8 Å². The molecule has 5 nitrogen and oxygen atoms in total. The van der Waals surface area contributed by atoms with Crippen LogP contribution in [-0.4, -0.2) is 20.9 Å². The van der Waals surface area contributed by atoms with Crippen LogP contribution in [0.25, 0.3) is 0 Å². The third kappa shape index (κ3) is 5.63. The summed E-state index contributed by atoms with van der Waals surface area (Å²) in [6.07, 6.45) is 0. The lowest BCUT2D eigenvalue weighted by Crippen LogP contribution is -2.33. The van der Waals surface area contributed by atoms with Gasteiger partial charge in [0.15, 0.2) is 0 Å². The number of anilines is 1. The maximum atomic E-state index is 12.1. The van der Waals surface area contributed by atoms with E-state index in [9.17, 15) is 13.2 Å². The Morgan fingerprint density at radius 2 is 1.88 bits per heavy atom. The van der Waals surface area contributed by atoms with Crippen molar-refractivity contribution in [2.45, 2.75) is 19.6 Å². The molecular formula is C17H19ClN2O3S. The van der Waals surface area contributed by atoms with Gasteiger partial charge in [-0.05, 0) is 48.7 Å². The van der Waals surface area contributed by atoms with Crippen molar-refractivity contribution in [3.63, 3.8) is 0 Å². The van der Waals surface area contributed by atoms with E-state index in [2.05, 4.69) is 10.0 Å². The van der Waals surface area contributed by atoms with Crippen LogP contribution >= 0.6 is 11.6 Å². The molecule has 7 heteroatoms. The first-order valence-corrected chi connectivity index (χ1v) is 9.37. The normalized spacial score (nSPS) is 11.3. The number of halogens is 1. The Morgan fingerprint density at radius 3 is 2.54 bits per heavy atom. The number of carbonyl (C=O) groups excluding carboxylic acids is 1. The molecule has 0 bridgehead atoms. The predicted octanol–water partition coefficient (Wildman–Crippen LogP) is 3.01. The van der Waals surface area contributed by atoms with Crippen LogP contribution < -0.4 is 10.0 Å². The Hall–Kier alpha value is -1.89. The van der Waals surface area contributed by atoms with Gasteiger partial charge in [-0.3, -0.25) is 4.79 Å². The highest BCUT2D eigenvalue weighted by atomic mass is 35.5. The second-order valence-corrected chi connectivity index (χ2v) is 7.80. The molecule has 0 aliphatic carbocycles. The Kier molecular flexibility index (Phi) is 5.99. The number of aryl methyl sites for hydroxylation is 2. The lowest BCUT2D eigenvalue weighted by molar-refractivity contribution is -0.115. The number of benzene rings is 2. The van der Waals surface area contributed by atoms with E-state index < -0.39 is 15.9 Å². The zero-order valence-electron chi connectivity index (χ0n) is 13.5. The van der Waals surface area contributed by atoms with Gasteiger partial charge < -0.3 is 5.32 Å². The third-order valence-electron chi connectivity index (χ3n) is 3.35. The van der Waals surface area contributed by atoms with Crippen LogP contribution in [0.5, 0.6) is 0 Å². The van der Waals surface area contributed by atoms with E-state index in [1.165, 1.54) is 0 Å². The molecule has 0 atom stereocenters. The fourth-order valence-electron chi connectivity index (χ4n) is 2.10. The first-order valence-electron chi connectivity index (χ1n) is 7.34. The minimum Gasteiger partial charge on any atom is -0.325 e. The number of amides is 1. The van der Waals surface area contributed by atoms with Gasteiger partial charge in [0.05, 0.1) is 12.3 Å². The molecule has 128 valence electrons. The summed E-state index contributed by atoms with van der Waals surface area (Å²) in [5.74, 6) is -0.656. The maximum absolute atomic E-state index is 12.1. The van der Waals surface area contributed by atoms with Crippen molar-refractivity contribution in [1.82, 2.24) is 4.72 Å². The van der Waals surface area contributed by atoms with Crippen molar-refractivity contribution < 1.29 is 13.2 Å². The van der Waals surface area contributed by atoms with Gasteiger partial charge in [-0.2, -0.15) is 0 Å². The van der Waals surface area contributed by atoms with Crippen LogP contribution in [0.4, 0.5) is 5.69 Å². The zero-order chi connectivity index (χ0) is 17.7. The van der Waals surface area contributed by atoms with Crippen LogP contribution in [0.3, 0.4) is 0 Å². The number of rotatable bonds is 6. The second-order valence-electron chi connectivity index (χ2n) is 5.58. The number of hydrogen-bond donors (Lipinski definition) is 2. The molecule has 1 amide bonds. The van der Waals surface area contributed by atoms with E-state index in [1.807, 2.05) is 26.0 Å². The number of hydrogen-bond acceptors (Lipinski definition) is 3. The van der Waals surface area contributed by atoms with Gasteiger partial charge in [0.1, 0.15) is 0 Å². The largest absolute Gasteiger partial charge is 0.325 e. The molecule has 0 unspecified atom stereocenters. The van der Waals surface area contributed by atoms with E-state index >= 15 is 0 Å². The molecule has 0 radical (unpaired) electrons. The summed E-state index contributed by atoms with van der Waals surface area (Å²) in [4.78, 5) is 11.9. The van der Waals surface area contributed by atoms with Crippen LogP contribution in [0.2, 0.25) is 5.02 Å². The number of nitrogens with one attached hydrogen (secondary N) is 2. The molecule has 2 aromatic rings. The third-order valence-corrected chi connectivity index (χ3v) is 5.05. The van der Waals surface area contributed by atoms with E-state index in [4.69, 9.17) is 11.6 Å². The van der Waals surface area contributed by atoms with Gasteiger partial charge in [-0.1, -0.05) is 35.9 Å². The van der Waals surface area contributed by atoms with Gasteiger partial charge in [0.2, 0.25) is 15.9 Å². The summed E-state index contributed by atoms with van der Waals surface area (Å²) in [5.41, 5.74) is 3.08. The molecular weight excluding hydrogens is 348 g/mol. The predicted molar refractivity (Wildman–Crippen MR) is 96.6 cm³/mol. The Labute approximate surface area is 147 Å². The van der Waals surface area contributed by atoms with Crippen molar-refractivity contribution in [3.05, 3.63) is 64.2 Å². The molecule has 0 saturated heterocycles. The van der Waals surface area contributed by atoms with Gasteiger partial charge in [0.25, 0.3) is 0 Å². The van der Waals surface area contributed by atoms with Gasteiger partial charge in [0, 0.05) is 10.7 Å². The number of carbonyl (C=O) groups is 1.